The third kappa shape index (κ3) is 2.26. The summed E-state index contributed by atoms with van der Waals surface area (Å²) in [7, 11) is 0. The van der Waals surface area contributed by atoms with Crippen molar-refractivity contribution < 1.29 is 4.79 Å². The summed E-state index contributed by atoms with van der Waals surface area (Å²) in [6.45, 7) is 1.76. The summed E-state index contributed by atoms with van der Waals surface area (Å²) in [5.41, 5.74) is 7.22. The largest absolute Gasteiger partial charge is 0.366 e. The van der Waals surface area contributed by atoms with Crippen molar-refractivity contribution in [1.82, 2.24) is 14.8 Å². The lowest BCUT2D eigenvalue weighted by atomic mass is 9.95. The molecule has 0 fully saturated rings. The Morgan fingerprint density at radius 2 is 2.19 bits per heavy atom. The number of nitrogens with zero attached hydrogens (tertiary/aromatic N) is 3. The number of rotatable bonds is 2. The SMILES string of the molecule is CC1=C(C(N)=O)[C@@H](c2ccc(Cl)cc2Cl)n2ncnc2N1. The van der Waals surface area contributed by atoms with Crippen molar-refractivity contribution in [3.63, 3.8) is 0 Å². The monoisotopic (exact) mass is 323 g/mol. The highest BCUT2D eigenvalue weighted by Gasteiger charge is 2.33. The van der Waals surface area contributed by atoms with Gasteiger partial charge in [-0.25, -0.2) is 4.68 Å². The van der Waals surface area contributed by atoms with Gasteiger partial charge >= 0.3 is 0 Å². The molecule has 1 aromatic heterocycles. The molecule has 2 heterocycles. The molecule has 1 atom stereocenters. The van der Waals surface area contributed by atoms with E-state index in [4.69, 9.17) is 28.9 Å². The van der Waals surface area contributed by atoms with Crippen LogP contribution in [0.5, 0.6) is 0 Å². The lowest BCUT2D eigenvalue weighted by Gasteiger charge is -2.28. The number of fused-ring (bicyclic) bond motifs is 1. The van der Waals surface area contributed by atoms with Crippen molar-refractivity contribution in [1.29, 1.82) is 0 Å². The Morgan fingerprint density at radius 3 is 2.86 bits per heavy atom. The molecule has 0 saturated carbocycles. The topological polar surface area (TPSA) is 85.8 Å². The number of benzene rings is 1. The van der Waals surface area contributed by atoms with Gasteiger partial charge in [0, 0.05) is 21.3 Å². The van der Waals surface area contributed by atoms with Gasteiger partial charge < -0.3 is 11.1 Å². The van der Waals surface area contributed by atoms with E-state index in [-0.39, 0.29) is 0 Å². The molecule has 21 heavy (non-hydrogen) atoms. The van der Waals surface area contributed by atoms with Crippen molar-refractivity contribution in [3.8, 4) is 0 Å². The highest BCUT2D eigenvalue weighted by molar-refractivity contribution is 6.35. The Balaban J connectivity index is 2.24. The highest BCUT2D eigenvalue weighted by Crippen LogP contribution is 2.38. The molecule has 0 unspecified atom stereocenters. The van der Waals surface area contributed by atoms with Crippen molar-refractivity contribution in [3.05, 3.63) is 51.4 Å². The Morgan fingerprint density at radius 1 is 1.43 bits per heavy atom. The number of primary amides is 1. The molecule has 2 aromatic rings. The van der Waals surface area contributed by atoms with E-state index in [0.29, 0.717) is 32.8 Å². The molecule has 108 valence electrons. The highest BCUT2D eigenvalue weighted by atomic mass is 35.5. The third-order valence-electron chi connectivity index (χ3n) is 3.32. The van der Waals surface area contributed by atoms with E-state index >= 15 is 0 Å². The van der Waals surface area contributed by atoms with Gasteiger partial charge in [-0.2, -0.15) is 10.1 Å². The number of nitrogens with two attached hydrogens (primary N) is 1. The van der Waals surface area contributed by atoms with Gasteiger partial charge in [-0.1, -0.05) is 29.3 Å². The second-order valence-corrected chi connectivity index (χ2v) is 5.47. The van der Waals surface area contributed by atoms with Crippen LogP contribution in [0.4, 0.5) is 5.95 Å². The molecule has 1 amide bonds. The zero-order valence-electron chi connectivity index (χ0n) is 11.0. The van der Waals surface area contributed by atoms with Crippen molar-refractivity contribution in [2.45, 2.75) is 13.0 Å². The Hall–Kier alpha value is -2.05. The van der Waals surface area contributed by atoms with Crippen LogP contribution in [0.3, 0.4) is 0 Å². The predicted molar refractivity (Wildman–Crippen MR) is 80.1 cm³/mol. The molecule has 6 nitrogen and oxygen atoms in total. The summed E-state index contributed by atoms with van der Waals surface area (Å²) in [5, 5.41) is 8.10. The normalized spacial score (nSPS) is 17.4. The number of halogens is 2. The summed E-state index contributed by atoms with van der Waals surface area (Å²) in [6, 6.07) is 4.54. The summed E-state index contributed by atoms with van der Waals surface area (Å²) in [6.07, 6.45) is 1.40. The van der Waals surface area contributed by atoms with Gasteiger partial charge in [0.25, 0.3) is 0 Å². The molecule has 1 aliphatic heterocycles. The standard InChI is InChI=1S/C13H11Cl2N5O/c1-6-10(12(16)21)11(20-13(19-6)17-5-18-20)8-3-2-7(14)4-9(8)15/h2-5,11H,1H3,(H2,16,21)(H,17,18,19)/t11-/m1/s1. The summed E-state index contributed by atoms with van der Waals surface area (Å²) in [5.74, 6) is -0.0225. The lowest BCUT2D eigenvalue weighted by Crippen LogP contribution is -2.32. The number of hydrogen-bond donors (Lipinski definition) is 2. The molecule has 0 radical (unpaired) electrons. The average molecular weight is 324 g/mol. The van der Waals surface area contributed by atoms with Crippen LogP contribution in [0.15, 0.2) is 35.8 Å². The van der Waals surface area contributed by atoms with Gasteiger partial charge in [-0.3, -0.25) is 4.79 Å². The number of aromatic nitrogens is 3. The van der Waals surface area contributed by atoms with E-state index in [0.717, 1.165) is 0 Å². The molecule has 0 saturated heterocycles. The lowest BCUT2D eigenvalue weighted by molar-refractivity contribution is -0.115. The van der Waals surface area contributed by atoms with Gasteiger partial charge in [0.2, 0.25) is 11.9 Å². The Kier molecular flexibility index (Phi) is 3.35. The van der Waals surface area contributed by atoms with E-state index in [1.165, 1.54) is 6.33 Å². The molecular weight excluding hydrogens is 313 g/mol. The molecule has 3 rings (SSSR count). The summed E-state index contributed by atoms with van der Waals surface area (Å²) < 4.78 is 1.57. The maximum atomic E-state index is 11.9. The van der Waals surface area contributed by atoms with Gasteiger partial charge in [-0.05, 0) is 19.1 Å². The number of carbonyl (C=O) groups is 1. The van der Waals surface area contributed by atoms with Crippen LogP contribution in [-0.2, 0) is 4.79 Å². The maximum Gasteiger partial charge on any atom is 0.248 e. The fourth-order valence-electron chi connectivity index (χ4n) is 2.42. The number of amides is 1. The number of nitrogens with one attached hydrogen (secondary N) is 1. The van der Waals surface area contributed by atoms with Crippen LogP contribution in [0.25, 0.3) is 0 Å². The molecule has 1 aromatic carbocycles. The molecule has 0 bridgehead atoms. The number of allylic oxidation sites excluding steroid dienone is 1. The molecular formula is C13H11Cl2N5O. The Labute approximate surface area is 130 Å². The Bertz CT molecular complexity index is 768. The van der Waals surface area contributed by atoms with Gasteiger partial charge in [0.05, 0.1) is 5.57 Å². The minimum atomic E-state index is -0.544. The van der Waals surface area contributed by atoms with Crippen LogP contribution >= 0.6 is 23.2 Å². The van der Waals surface area contributed by atoms with Crippen LogP contribution in [0.2, 0.25) is 10.0 Å². The molecule has 1 aliphatic rings. The number of anilines is 1. The molecule has 3 N–H and O–H groups in total. The van der Waals surface area contributed by atoms with Gasteiger partial charge in [0.15, 0.2) is 0 Å². The van der Waals surface area contributed by atoms with Gasteiger partial charge in [-0.15, -0.1) is 0 Å². The first kappa shape index (κ1) is 13.9. The summed E-state index contributed by atoms with van der Waals surface area (Å²) in [4.78, 5) is 16.0. The fraction of sp³-hybridized carbons (Fsp3) is 0.154. The van der Waals surface area contributed by atoms with Crippen molar-refractivity contribution in [2.75, 3.05) is 5.32 Å². The van der Waals surface area contributed by atoms with Crippen LogP contribution < -0.4 is 11.1 Å². The second kappa shape index (κ2) is 5.05. The first-order valence-electron chi connectivity index (χ1n) is 6.11. The van der Waals surface area contributed by atoms with Gasteiger partial charge in [0.1, 0.15) is 12.4 Å². The zero-order chi connectivity index (χ0) is 15.1. The van der Waals surface area contributed by atoms with Crippen LogP contribution in [0, 0.1) is 0 Å². The van der Waals surface area contributed by atoms with E-state index in [2.05, 4.69) is 15.4 Å². The fourth-order valence-corrected chi connectivity index (χ4v) is 2.93. The van der Waals surface area contributed by atoms with Crippen molar-refractivity contribution in [2.24, 2.45) is 5.73 Å². The predicted octanol–water partition coefficient (Wildman–Crippen LogP) is 2.36. The van der Waals surface area contributed by atoms with E-state index in [1.54, 1.807) is 29.8 Å². The maximum absolute atomic E-state index is 11.9. The number of carbonyl (C=O) groups excluding carboxylic acids is 1. The minimum absolute atomic E-state index is 0.386. The molecule has 8 heteroatoms. The molecule has 0 aliphatic carbocycles. The number of hydrogen-bond acceptors (Lipinski definition) is 4. The quantitative estimate of drug-likeness (QED) is 0.888. The summed E-state index contributed by atoms with van der Waals surface area (Å²) >= 11 is 12.2. The second-order valence-electron chi connectivity index (χ2n) is 4.62. The zero-order valence-corrected chi connectivity index (χ0v) is 12.5. The minimum Gasteiger partial charge on any atom is -0.366 e. The third-order valence-corrected chi connectivity index (χ3v) is 3.88. The molecule has 0 spiro atoms. The van der Waals surface area contributed by atoms with E-state index < -0.39 is 11.9 Å². The first-order chi connectivity index (χ1) is 9.99. The first-order valence-corrected chi connectivity index (χ1v) is 6.86. The van der Waals surface area contributed by atoms with E-state index in [1.807, 2.05) is 0 Å². The average Bonchev–Trinajstić information content (AvgIpc) is 2.84. The van der Waals surface area contributed by atoms with Crippen LogP contribution in [-0.4, -0.2) is 20.7 Å². The van der Waals surface area contributed by atoms with Crippen molar-refractivity contribution >= 4 is 35.1 Å². The van der Waals surface area contributed by atoms with E-state index in [9.17, 15) is 4.79 Å². The van der Waals surface area contributed by atoms with Crippen LogP contribution in [0.1, 0.15) is 18.5 Å². The smallest absolute Gasteiger partial charge is 0.248 e.